The lowest BCUT2D eigenvalue weighted by Crippen LogP contribution is -2.20. The van der Waals surface area contributed by atoms with Crippen LogP contribution in [0.4, 0.5) is 0 Å². The molecule has 0 bridgehead atoms. The van der Waals surface area contributed by atoms with E-state index in [9.17, 15) is 4.79 Å². The van der Waals surface area contributed by atoms with Crippen LogP contribution in [0.5, 0.6) is 0 Å². The summed E-state index contributed by atoms with van der Waals surface area (Å²) in [5.74, 6) is -0.0625. The predicted octanol–water partition coefficient (Wildman–Crippen LogP) is 2.64. The average molecular weight is 254 g/mol. The molecule has 2 nitrogen and oxygen atoms in total. The standard InChI is InChI=1S/C11H12BrNO/c1-2-4-11(14)13-8-9-5-3-6-10(12)7-9/h2-7H,8H2,1H3,(H,13,14)/b4-2+. The largest absolute Gasteiger partial charge is 0.348 e. The molecule has 0 aliphatic carbocycles. The highest BCUT2D eigenvalue weighted by Gasteiger charge is 1.96. The molecule has 0 heterocycles. The van der Waals surface area contributed by atoms with Gasteiger partial charge in [0.1, 0.15) is 0 Å². The first kappa shape index (κ1) is 11.0. The summed E-state index contributed by atoms with van der Waals surface area (Å²) in [6, 6.07) is 7.86. The van der Waals surface area contributed by atoms with E-state index in [2.05, 4.69) is 21.2 Å². The van der Waals surface area contributed by atoms with Gasteiger partial charge in [0.15, 0.2) is 0 Å². The first-order valence-corrected chi connectivity index (χ1v) is 5.16. The number of benzene rings is 1. The van der Waals surface area contributed by atoms with E-state index in [1.807, 2.05) is 31.2 Å². The molecule has 0 saturated heterocycles. The molecular formula is C11H12BrNO. The van der Waals surface area contributed by atoms with E-state index in [0.29, 0.717) is 6.54 Å². The summed E-state index contributed by atoms with van der Waals surface area (Å²) in [4.78, 5) is 11.1. The highest BCUT2D eigenvalue weighted by Crippen LogP contribution is 2.11. The van der Waals surface area contributed by atoms with Crippen LogP contribution in [-0.4, -0.2) is 5.91 Å². The minimum atomic E-state index is -0.0625. The number of hydrogen-bond acceptors (Lipinski definition) is 1. The van der Waals surface area contributed by atoms with Gasteiger partial charge in [-0.25, -0.2) is 0 Å². The van der Waals surface area contributed by atoms with Crippen molar-refractivity contribution in [2.45, 2.75) is 13.5 Å². The molecule has 1 rings (SSSR count). The van der Waals surface area contributed by atoms with Crippen molar-refractivity contribution in [2.24, 2.45) is 0 Å². The highest BCUT2D eigenvalue weighted by atomic mass is 79.9. The molecule has 0 radical (unpaired) electrons. The van der Waals surface area contributed by atoms with Crippen LogP contribution in [0.2, 0.25) is 0 Å². The normalized spacial score (nSPS) is 10.4. The maximum atomic E-state index is 11.1. The molecule has 0 atom stereocenters. The minimum Gasteiger partial charge on any atom is -0.348 e. The maximum Gasteiger partial charge on any atom is 0.243 e. The summed E-state index contributed by atoms with van der Waals surface area (Å²) >= 11 is 3.37. The average Bonchev–Trinajstić information content (AvgIpc) is 2.15. The molecule has 1 aromatic carbocycles. The molecule has 0 aliphatic rings. The smallest absolute Gasteiger partial charge is 0.243 e. The second-order valence-corrected chi connectivity index (χ2v) is 3.76. The van der Waals surface area contributed by atoms with Crippen LogP contribution in [0, 0.1) is 0 Å². The third-order valence-electron chi connectivity index (χ3n) is 1.67. The summed E-state index contributed by atoms with van der Waals surface area (Å²) in [5.41, 5.74) is 1.08. The van der Waals surface area contributed by atoms with Crippen molar-refractivity contribution in [2.75, 3.05) is 0 Å². The SMILES string of the molecule is C/C=C/C(=O)NCc1cccc(Br)c1. The minimum absolute atomic E-state index is 0.0625. The summed E-state index contributed by atoms with van der Waals surface area (Å²) in [6.07, 6.45) is 3.23. The van der Waals surface area contributed by atoms with Crippen molar-refractivity contribution in [1.82, 2.24) is 5.32 Å². The van der Waals surface area contributed by atoms with Gasteiger partial charge in [-0.15, -0.1) is 0 Å². The van der Waals surface area contributed by atoms with Gasteiger partial charge in [-0.2, -0.15) is 0 Å². The van der Waals surface area contributed by atoms with Crippen molar-refractivity contribution in [3.8, 4) is 0 Å². The van der Waals surface area contributed by atoms with Gasteiger partial charge in [-0.1, -0.05) is 34.1 Å². The quantitative estimate of drug-likeness (QED) is 0.825. The molecule has 0 aliphatic heterocycles. The van der Waals surface area contributed by atoms with Crippen molar-refractivity contribution >= 4 is 21.8 Å². The van der Waals surface area contributed by atoms with Crippen LogP contribution in [0.25, 0.3) is 0 Å². The first-order valence-electron chi connectivity index (χ1n) is 4.37. The Morgan fingerprint density at radius 3 is 3.00 bits per heavy atom. The van der Waals surface area contributed by atoms with E-state index in [1.54, 1.807) is 6.08 Å². The fraction of sp³-hybridized carbons (Fsp3) is 0.182. The molecule has 1 N–H and O–H groups in total. The van der Waals surface area contributed by atoms with E-state index in [4.69, 9.17) is 0 Å². The second kappa shape index (κ2) is 5.60. The molecule has 3 heteroatoms. The molecular weight excluding hydrogens is 242 g/mol. The third kappa shape index (κ3) is 3.75. The Hall–Kier alpha value is -1.09. The van der Waals surface area contributed by atoms with Crippen LogP contribution in [0.1, 0.15) is 12.5 Å². The van der Waals surface area contributed by atoms with Gasteiger partial charge in [-0.3, -0.25) is 4.79 Å². The molecule has 14 heavy (non-hydrogen) atoms. The molecule has 0 unspecified atom stereocenters. The Kier molecular flexibility index (Phi) is 4.40. The lowest BCUT2D eigenvalue weighted by Gasteiger charge is -2.02. The Morgan fingerprint density at radius 2 is 2.36 bits per heavy atom. The van der Waals surface area contributed by atoms with Gasteiger partial charge >= 0.3 is 0 Å². The zero-order valence-electron chi connectivity index (χ0n) is 7.96. The summed E-state index contributed by atoms with van der Waals surface area (Å²) in [5, 5.41) is 2.78. The van der Waals surface area contributed by atoms with Crippen LogP contribution >= 0.6 is 15.9 Å². The predicted molar refractivity (Wildman–Crippen MR) is 60.8 cm³/mol. The number of halogens is 1. The molecule has 0 saturated carbocycles. The van der Waals surface area contributed by atoms with Crippen molar-refractivity contribution in [3.63, 3.8) is 0 Å². The third-order valence-corrected chi connectivity index (χ3v) is 2.17. The highest BCUT2D eigenvalue weighted by molar-refractivity contribution is 9.10. The van der Waals surface area contributed by atoms with Crippen LogP contribution in [0.15, 0.2) is 40.9 Å². The van der Waals surface area contributed by atoms with Gasteiger partial charge in [0.2, 0.25) is 5.91 Å². The van der Waals surface area contributed by atoms with Crippen LogP contribution in [0.3, 0.4) is 0 Å². The van der Waals surface area contributed by atoms with Gasteiger partial charge in [-0.05, 0) is 30.7 Å². The van der Waals surface area contributed by atoms with Gasteiger partial charge in [0.25, 0.3) is 0 Å². The Labute approximate surface area is 92.1 Å². The summed E-state index contributed by atoms with van der Waals surface area (Å²) < 4.78 is 1.02. The zero-order chi connectivity index (χ0) is 10.4. The first-order chi connectivity index (χ1) is 6.72. The van der Waals surface area contributed by atoms with Gasteiger partial charge in [0, 0.05) is 11.0 Å². The zero-order valence-corrected chi connectivity index (χ0v) is 9.54. The molecule has 74 valence electrons. The fourth-order valence-corrected chi connectivity index (χ4v) is 1.49. The van der Waals surface area contributed by atoms with Crippen LogP contribution < -0.4 is 5.32 Å². The lowest BCUT2D eigenvalue weighted by molar-refractivity contribution is -0.116. The molecule has 1 amide bonds. The van der Waals surface area contributed by atoms with E-state index in [-0.39, 0.29) is 5.91 Å². The molecule has 0 spiro atoms. The topological polar surface area (TPSA) is 29.1 Å². The Morgan fingerprint density at radius 1 is 1.57 bits per heavy atom. The van der Waals surface area contributed by atoms with Gasteiger partial charge < -0.3 is 5.32 Å². The lowest BCUT2D eigenvalue weighted by atomic mass is 10.2. The summed E-state index contributed by atoms with van der Waals surface area (Å²) in [7, 11) is 0. The number of carbonyl (C=O) groups is 1. The number of rotatable bonds is 3. The van der Waals surface area contributed by atoms with Crippen LogP contribution in [-0.2, 0) is 11.3 Å². The summed E-state index contributed by atoms with van der Waals surface area (Å²) in [6.45, 7) is 2.38. The molecule has 0 aromatic heterocycles. The maximum absolute atomic E-state index is 11.1. The second-order valence-electron chi connectivity index (χ2n) is 2.85. The number of nitrogens with one attached hydrogen (secondary N) is 1. The van der Waals surface area contributed by atoms with Crippen molar-refractivity contribution < 1.29 is 4.79 Å². The number of carbonyl (C=O) groups excluding carboxylic acids is 1. The van der Waals surface area contributed by atoms with Gasteiger partial charge in [0.05, 0.1) is 0 Å². The molecule has 1 aromatic rings. The number of amides is 1. The fourth-order valence-electron chi connectivity index (χ4n) is 1.05. The van der Waals surface area contributed by atoms with E-state index in [1.165, 1.54) is 6.08 Å². The van der Waals surface area contributed by atoms with E-state index >= 15 is 0 Å². The Bertz CT molecular complexity index is 347. The van der Waals surface area contributed by atoms with Crippen molar-refractivity contribution in [3.05, 3.63) is 46.5 Å². The van der Waals surface area contributed by atoms with E-state index < -0.39 is 0 Å². The monoisotopic (exact) mass is 253 g/mol. The van der Waals surface area contributed by atoms with E-state index in [0.717, 1.165) is 10.0 Å². The molecule has 0 fully saturated rings. The number of allylic oxidation sites excluding steroid dienone is 1. The Balaban J connectivity index is 2.49. The number of hydrogen-bond donors (Lipinski definition) is 1. The van der Waals surface area contributed by atoms with Crippen molar-refractivity contribution in [1.29, 1.82) is 0 Å².